The van der Waals surface area contributed by atoms with Crippen LogP contribution in [-0.2, 0) is 4.79 Å². The van der Waals surface area contributed by atoms with Crippen molar-refractivity contribution in [2.24, 2.45) is 5.92 Å². The summed E-state index contributed by atoms with van der Waals surface area (Å²) >= 11 is 0. The molecule has 0 bridgehead atoms. The molecule has 0 saturated carbocycles. The summed E-state index contributed by atoms with van der Waals surface area (Å²) in [6.07, 6.45) is 0. The molecule has 1 N–H and O–H groups in total. The van der Waals surface area contributed by atoms with E-state index in [1.165, 1.54) is 17.0 Å². The topological polar surface area (TPSA) is 95.8 Å². The number of hydrogen-bond donors (Lipinski definition) is 1. The molecule has 3 amide bonds. The van der Waals surface area contributed by atoms with Crippen LogP contribution in [0.3, 0.4) is 0 Å². The molecular formula is C17H20N4O4. The average Bonchev–Trinajstić information content (AvgIpc) is 2.88. The maximum absolute atomic E-state index is 12.9. The van der Waals surface area contributed by atoms with E-state index in [1.807, 2.05) is 13.8 Å². The highest BCUT2D eigenvalue weighted by Gasteiger charge is 2.42. The third-order valence-electron chi connectivity index (χ3n) is 4.46. The lowest BCUT2D eigenvalue weighted by Gasteiger charge is -2.31. The van der Waals surface area contributed by atoms with Crippen LogP contribution >= 0.6 is 0 Å². The lowest BCUT2D eigenvalue weighted by molar-refractivity contribution is -0.384. The minimum absolute atomic E-state index is 0.0311. The zero-order chi connectivity index (χ0) is 18.3. The molecule has 0 spiro atoms. The van der Waals surface area contributed by atoms with Gasteiger partial charge in [0.05, 0.1) is 28.8 Å². The van der Waals surface area contributed by atoms with Crippen molar-refractivity contribution in [2.75, 3.05) is 20.1 Å². The first-order valence-electron chi connectivity index (χ1n) is 8.10. The zero-order valence-electron chi connectivity index (χ0n) is 14.4. The van der Waals surface area contributed by atoms with Crippen molar-refractivity contribution < 1.29 is 14.5 Å². The maximum atomic E-state index is 12.9. The molecule has 0 radical (unpaired) electrons. The van der Waals surface area contributed by atoms with Crippen molar-refractivity contribution in [1.82, 2.24) is 15.1 Å². The Bertz CT molecular complexity index is 769. The Hall–Kier alpha value is -2.90. The minimum Gasteiger partial charge on any atom is -0.333 e. The van der Waals surface area contributed by atoms with Gasteiger partial charge in [-0.1, -0.05) is 13.8 Å². The summed E-state index contributed by atoms with van der Waals surface area (Å²) in [4.78, 5) is 38.7. The van der Waals surface area contributed by atoms with Crippen LogP contribution in [0, 0.1) is 16.0 Å². The summed E-state index contributed by atoms with van der Waals surface area (Å²) in [5.41, 5.74) is 1.85. The van der Waals surface area contributed by atoms with Gasteiger partial charge >= 0.3 is 6.03 Å². The number of benzene rings is 1. The number of carbonyl (C=O) groups is 2. The van der Waals surface area contributed by atoms with Gasteiger partial charge in [0.2, 0.25) is 0 Å². The molecule has 0 aliphatic carbocycles. The number of amides is 3. The molecule has 1 atom stereocenters. The molecule has 132 valence electrons. The van der Waals surface area contributed by atoms with E-state index in [2.05, 4.69) is 5.32 Å². The first-order chi connectivity index (χ1) is 11.8. The Morgan fingerprint density at radius 2 is 1.92 bits per heavy atom. The first-order valence-corrected chi connectivity index (χ1v) is 8.10. The van der Waals surface area contributed by atoms with Gasteiger partial charge < -0.3 is 10.2 Å². The highest BCUT2D eigenvalue weighted by molar-refractivity contribution is 6.01. The first kappa shape index (κ1) is 16.9. The molecule has 8 nitrogen and oxygen atoms in total. The van der Waals surface area contributed by atoms with Gasteiger partial charge in [-0.3, -0.25) is 19.8 Å². The number of carbonyl (C=O) groups excluding carboxylic acids is 2. The van der Waals surface area contributed by atoms with Crippen LogP contribution in [0.4, 0.5) is 10.5 Å². The number of nitro groups is 1. The SMILES string of the molecule is CC(C)CN1CC2=C(C1=O)C(c1ccc([N+](=O)[O-])cc1)NC(=O)N2C. The second kappa shape index (κ2) is 6.19. The summed E-state index contributed by atoms with van der Waals surface area (Å²) in [5.74, 6) is 0.219. The van der Waals surface area contributed by atoms with Crippen molar-refractivity contribution in [1.29, 1.82) is 0 Å². The molecule has 2 aliphatic rings. The van der Waals surface area contributed by atoms with Gasteiger partial charge in [-0.25, -0.2) is 4.79 Å². The largest absolute Gasteiger partial charge is 0.333 e. The Labute approximate surface area is 145 Å². The molecule has 0 saturated heterocycles. The van der Waals surface area contributed by atoms with Crippen molar-refractivity contribution in [3.05, 3.63) is 51.2 Å². The number of rotatable bonds is 4. The van der Waals surface area contributed by atoms with Gasteiger partial charge in [-0.05, 0) is 23.6 Å². The number of nitro benzene ring substituents is 1. The molecule has 25 heavy (non-hydrogen) atoms. The van der Waals surface area contributed by atoms with E-state index in [9.17, 15) is 19.7 Å². The quantitative estimate of drug-likeness (QED) is 0.668. The van der Waals surface area contributed by atoms with E-state index in [1.54, 1.807) is 24.1 Å². The Morgan fingerprint density at radius 1 is 1.28 bits per heavy atom. The minimum atomic E-state index is -0.593. The summed E-state index contributed by atoms with van der Waals surface area (Å²) in [6, 6.07) is 5.04. The van der Waals surface area contributed by atoms with Gasteiger partial charge in [0.15, 0.2) is 0 Å². The third-order valence-corrected chi connectivity index (χ3v) is 4.46. The normalized spacial score (nSPS) is 20.2. The molecule has 0 aromatic heterocycles. The van der Waals surface area contributed by atoms with E-state index < -0.39 is 11.0 Å². The molecule has 3 rings (SSSR count). The van der Waals surface area contributed by atoms with Gasteiger partial charge in [-0.2, -0.15) is 0 Å². The fraction of sp³-hybridized carbons (Fsp3) is 0.412. The zero-order valence-corrected chi connectivity index (χ0v) is 14.4. The number of nitrogens with zero attached hydrogens (tertiary/aromatic N) is 3. The van der Waals surface area contributed by atoms with Crippen LogP contribution < -0.4 is 5.32 Å². The average molecular weight is 344 g/mol. The fourth-order valence-electron chi connectivity index (χ4n) is 3.25. The van der Waals surface area contributed by atoms with Crippen LogP contribution in [0.5, 0.6) is 0 Å². The molecule has 8 heteroatoms. The molecular weight excluding hydrogens is 324 g/mol. The van der Waals surface area contributed by atoms with Crippen LogP contribution in [-0.4, -0.2) is 46.8 Å². The van der Waals surface area contributed by atoms with Crippen LogP contribution in [0.15, 0.2) is 35.5 Å². The van der Waals surface area contributed by atoms with Gasteiger partial charge in [-0.15, -0.1) is 0 Å². The molecule has 1 aromatic carbocycles. The van der Waals surface area contributed by atoms with E-state index in [0.29, 0.717) is 35.8 Å². The number of nitrogens with one attached hydrogen (secondary N) is 1. The lowest BCUT2D eigenvalue weighted by Crippen LogP contribution is -2.45. The third kappa shape index (κ3) is 2.95. The second-order valence-electron chi connectivity index (χ2n) is 6.73. The van der Waals surface area contributed by atoms with E-state index in [-0.39, 0.29) is 17.6 Å². The molecule has 0 fully saturated rings. The number of urea groups is 1. The summed E-state index contributed by atoms with van der Waals surface area (Å²) in [7, 11) is 1.64. The predicted octanol–water partition coefficient (Wildman–Crippen LogP) is 2.04. The van der Waals surface area contributed by atoms with Gasteiger partial charge in [0.25, 0.3) is 11.6 Å². The Morgan fingerprint density at radius 3 is 2.48 bits per heavy atom. The van der Waals surface area contributed by atoms with E-state index >= 15 is 0 Å². The fourth-order valence-corrected chi connectivity index (χ4v) is 3.25. The maximum Gasteiger partial charge on any atom is 0.322 e. The van der Waals surface area contributed by atoms with Crippen molar-refractivity contribution in [3.63, 3.8) is 0 Å². The number of hydrogen-bond acceptors (Lipinski definition) is 4. The molecule has 2 heterocycles. The second-order valence-corrected chi connectivity index (χ2v) is 6.73. The highest BCUT2D eigenvalue weighted by atomic mass is 16.6. The number of non-ortho nitro benzene ring substituents is 1. The monoisotopic (exact) mass is 344 g/mol. The smallest absolute Gasteiger partial charge is 0.322 e. The summed E-state index contributed by atoms with van der Waals surface area (Å²) in [5, 5.41) is 13.6. The molecule has 1 aromatic rings. The highest BCUT2D eigenvalue weighted by Crippen LogP contribution is 2.36. The Kier molecular flexibility index (Phi) is 4.20. The predicted molar refractivity (Wildman–Crippen MR) is 90.6 cm³/mol. The van der Waals surface area contributed by atoms with Gasteiger partial charge in [0, 0.05) is 25.7 Å². The van der Waals surface area contributed by atoms with Crippen molar-refractivity contribution >= 4 is 17.6 Å². The van der Waals surface area contributed by atoms with Crippen molar-refractivity contribution in [2.45, 2.75) is 19.9 Å². The summed E-state index contributed by atoms with van der Waals surface area (Å²) in [6.45, 7) is 5.08. The summed E-state index contributed by atoms with van der Waals surface area (Å²) < 4.78 is 0. The van der Waals surface area contributed by atoms with Crippen LogP contribution in [0.25, 0.3) is 0 Å². The van der Waals surface area contributed by atoms with E-state index in [0.717, 1.165) is 0 Å². The lowest BCUT2D eigenvalue weighted by atomic mass is 9.95. The Balaban J connectivity index is 1.97. The van der Waals surface area contributed by atoms with Crippen LogP contribution in [0.1, 0.15) is 25.5 Å². The van der Waals surface area contributed by atoms with E-state index in [4.69, 9.17) is 0 Å². The van der Waals surface area contributed by atoms with Crippen molar-refractivity contribution in [3.8, 4) is 0 Å². The standard InChI is InChI=1S/C17H20N4O4/c1-10(2)8-20-9-13-14(16(20)22)15(18-17(23)19(13)3)11-4-6-12(7-5-11)21(24)25/h4-7,10,15H,8-9H2,1-3H3,(H,18,23). The molecule has 2 aliphatic heterocycles. The molecule has 1 unspecified atom stereocenters. The van der Waals surface area contributed by atoms with Crippen LogP contribution in [0.2, 0.25) is 0 Å². The number of likely N-dealkylation sites (N-methyl/N-ethyl adjacent to an activating group) is 1. The van der Waals surface area contributed by atoms with Gasteiger partial charge in [0.1, 0.15) is 0 Å².